The minimum Gasteiger partial charge on any atom is -0.494 e. The first-order valence-corrected chi connectivity index (χ1v) is 6.97. The average Bonchev–Trinajstić information content (AvgIpc) is 2.35. The third-order valence-corrected chi connectivity index (χ3v) is 2.89. The quantitative estimate of drug-likeness (QED) is 0.779. The molecule has 112 valence electrons. The Morgan fingerprint density at radius 1 is 1.20 bits per heavy atom. The minimum absolute atomic E-state index is 0.223. The molecule has 1 unspecified atom stereocenters. The lowest BCUT2D eigenvalue weighted by Gasteiger charge is -2.19. The highest BCUT2D eigenvalue weighted by molar-refractivity contribution is 5.75. The molecular formula is C16H25NO3. The van der Waals surface area contributed by atoms with Gasteiger partial charge >= 0.3 is 5.97 Å². The summed E-state index contributed by atoms with van der Waals surface area (Å²) in [6.45, 7) is 8.55. The fourth-order valence-electron chi connectivity index (χ4n) is 2.12. The summed E-state index contributed by atoms with van der Waals surface area (Å²) in [6.07, 6.45) is 0.581. The summed E-state index contributed by atoms with van der Waals surface area (Å²) in [4.78, 5) is 11.7. The number of rotatable bonds is 7. The zero-order valence-electron chi connectivity index (χ0n) is 13.0. The van der Waals surface area contributed by atoms with Crippen molar-refractivity contribution >= 4 is 5.97 Å². The molecule has 0 aliphatic heterocycles. The first-order chi connectivity index (χ1) is 9.42. The number of benzene rings is 1. The second-order valence-electron chi connectivity index (χ2n) is 5.36. The van der Waals surface area contributed by atoms with Crippen molar-refractivity contribution in [3.63, 3.8) is 0 Å². The first-order valence-electron chi connectivity index (χ1n) is 6.97. The lowest BCUT2D eigenvalue weighted by atomic mass is 10.1. The molecule has 0 saturated carbocycles. The molecule has 1 aromatic rings. The zero-order chi connectivity index (χ0) is 15.1. The highest BCUT2D eigenvalue weighted by Crippen LogP contribution is 2.16. The van der Waals surface area contributed by atoms with Crippen molar-refractivity contribution in [2.75, 3.05) is 13.7 Å². The predicted octanol–water partition coefficient (Wildman–Crippen LogP) is 2.61. The highest BCUT2D eigenvalue weighted by atomic mass is 16.5. The Morgan fingerprint density at radius 3 is 2.30 bits per heavy atom. The largest absolute Gasteiger partial charge is 0.494 e. The standard InChI is InChI=1S/C16H25NO3/c1-11(2)17-15(16(18)19-5)6-7-20-14-9-12(3)8-13(4)10-14/h8-11,15,17H,6-7H2,1-5H3. The third kappa shape index (κ3) is 5.61. The number of esters is 1. The molecule has 0 aliphatic carbocycles. The van der Waals surface area contributed by atoms with Crippen molar-refractivity contribution in [1.82, 2.24) is 5.32 Å². The minimum atomic E-state index is -0.328. The topological polar surface area (TPSA) is 47.6 Å². The van der Waals surface area contributed by atoms with Crippen LogP contribution in [0.1, 0.15) is 31.4 Å². The van der Waals surface area contributed by atoms with Gasteiger partial charge in [-0.25, -0.2) is 0 Å². The zero-order valence-corrected chi connectivity index (χ0v) is 13.0. The molecule has 1 N–H and O–H groups in total. The Bertz CT molecular complexity index is 423. The van der Waals surface area contributed by atoms with Crippen LogP contribution in [0.4, 0.5) is 0 Å². The third-order valence-electron chi connectivity index (χ3n) is 2.89. The molecule has 1 rings (SSSR count). The second-order valence-corrected chi connectivity index (χ2v) is 5.36. The van der Waals surface area contributed by atoms with Gasteiger partial charge in [0.05, 0.1) is 13.7 Å². The lowest BCUT2D eigenvalue weighted by molar-refractivity contribution is -0.143. The Labute approximate surface area is 121 Å². The van der Waals surface area contributed by atoms with Crippen molar-refractivity contribution in [1.29, 1.82) is 0 Å². The van der Waals surface area contributed by atoms with Gasteiger partial charge in [-0.15, -0.1) is 0 Å². The van der Waals surface area contributed by atoms with E-state index in [1.165, 1.54) is 18.2 Å². The van der Waals surface area contributed by atoms with E-state index in [-0.39, 0.29) is 18.1 Å². The number of aryl methyl sites for hydroxylation is 2. The number of methoxy groups -OCH3 is 1. The van der Waals surface area contributed by atoms with E-state index in [4.69, 9.17) is 9.47 Å². The monoisotopic (exact) mass is 279 g/mol. The first kappa shape index (κ1) is 16.5. The molecule has 0 saturated heterocycles. The van der Waals surface area contributed by atoms with Crippen LogP contribution >= 0.6 is 0 Å². The van der Waals surface area contributed by atoms with Gasteiger partial charge in [0.25, 0.3) is 0 Å². The van der Waals surface area contributed by atoms with Crippen molar-refractivity contribution in [2.24, 2.45) is 0 Å². The number of carbonyl (C=O) groups excluding carboxylic acids is 1. The average molecular weight is 279 g/mol. The summed E-state index contributed by atoms with van der Waals surface area (Å²) in [6, 6.07) is 5.99. The number of hydrogen-bond donors (Lipinski definition) is 1. The summed E-state index contributed by atoms with van der Waals surface area (Å²) < 4.78 is 10.5. The summed E-state index contributed by atoms with van der Waals surface area (Å²) >= 11 is 0. The smallest absolute Gasteiger partial charge is 0.322 e. The van der Waals surface area contributed by atoms with Crippen LogP contribution < -0.4 is 10.1 Å². The molecular weight excluding hydrogens is 254 g/mol. The number of carbonyl (C=O) groups is 1. The van der Waals surface area contributed by atoms with E-state index in [9.17, 15) is 4.79 Å². The van der Waals surface area contributed by atoms with Crippen LogP contribution in [0.15, 0.2) is 18.2 Å². The number of nitrogens with one attached hydrogen (secondary N) is 1. The summed E-state index contributed by atoms with van der Waals surface area (Å²) in [5.74, 6) is 0.596. The number of ether oxygens (including phenoxy) is 2. The van der Waals surface area contributed by atoms with E-state index in [1.54, 1.807) is 0 Å². The highest BCUT2D eigenvalue weighted by Gasteiger charge is 2.19. The maximum absolute atomic E-state index is 11.7. The van der Waals surface area contributed by atoms with E-state index in [0.29, 0.717) is 13.0 Å². The molecule has 0 spiro atoms. The molecule has 4 heteroatoms. The fraction of sp³-hybridized carbons (Fsp3) is 0.562. The van der Waals surface area contributed by atoms with Gasteiger partial charge < -0.3 is 14.8 Å². The van der Waals surface area contributed by atoms with Crippen LogP contribution in [0.2, 0.25) is 0 Å². The van der Waals surface area contributed by atoms with Crippen LogP contribution in [0, 0.1) is 13.8 Å². The maximum atomic E-state index is 11.7. The molecule has 0 amide bonds. The molecule has 1 atom stereocenters. The van der Waals surface area contributed by atoms with E-state index < -0.39 is 0 Å². The summed E-state index contributed by atoms with van der Waals surface area (Å²) in [7, 11) is 1.40. The second kappa shape index (κ2) is 7.90. The van der Waals surface area contributed by atoms with Crippen LogP contribution in [0.25, 0.3) is 0 Å². The van der Waals surface area contributed by atoms with Gasteiger partial charge in [-0.1, -0.05) is 19.9 Å². The Morgan fingerprint density at radius 2 is 1.80 bits per heavy atom. The Kier molecular flexibility index (Phi) is 6.52. The van der Waals surface area contributed by atoms with E-state index in [1.807, 2.05) is 39.8 Å². The molecule has 1 aromatic carbocycles. The molecule has 4 nitrogen and oxygen atoms in total. The van der Waals surface area contributed by atoms with Gasteiger partial charge in [0.1, 0.15) is 11.8 Å². The molecule has 0 radical (unpaired) electrons. The molecule has 0 fully saturated rings. The van der Waals surface area contributed by atoms with E-state index >= 15 is 0 Å². The molecule has 0 heterocycles. The van der Waals surface area contributed by atoms with Gasteiger partial charge in [0, 0.05) is 12.5 Å². The normalized spacial score (nSPS) is 12.3. The Hall–Kier alpha value is -1.55. The number of hydrogen-bond acceptors (Lipinski definition) is 4. The van der Waals surface area contributed by atoms with E-state index in [2.05, 4.69) is 11.4 Å². The Balaban J connectivity index is 2.53. The van der Waals surface area contributed by atoms with Crippen molar-refractivity contribution in [3.05, 3.63) is 29.3 Å². The molecule has 20 heavy (non-hydrogen) atoms. The van der Waals surface area contributed by atoms with Gasteiger partial charge in [-0.2, -0.15) is 0 Å². The fourth-order valence-corrected chi connectivity index (χ4v) is 2.12. The molecule has 0 aromatic heterocycles. The van der Waals surface area contributed by atoms with Gasteiger partial charge in [0.2, 0.25) is 0 Å². The van der Waals surface area contributed by atoms with Crippen LogP contribution in [-0.2, 0) is 9.53 Å². The van der Waals surface area contributed by atoms with Crippen LogP contribution in [-0.4, -0.2) is 31.8 Å². The summed E-state index contributed by atoms with van der Waals surface area (Å²) in [5, 5.41) is 3.19. The predicted molar refractivity (Wildman–Crippen MR) is 80.1 cm³/mol. The van der Waals surface area contributed by atoms with Crippen molar-refractivity contribution in [3.8, 4) is 5.75 Å². The van der Waals surface area contributed by atoms with Crippen molar-refractivity contribution < 1.29 is 14.3 Å². The van der Waals surface area contributed by atoms with Gasteiger partial charge in [-0.3, -0.25) is 4.79 Å². The lowest BCUT2D eigenvalue weighted by Crippen LogP contribution is -2.42. The van der Waals surface area contributed by atoms with Crippen LogP contribution in [0.5, 0.6) is 5.75 Å². The molecule has 0 bridgehead atoms. The van der Waals surface area contributed by atoms with Gasteiger partial charge in [-0.05, 0) is 37.1 Å². The molecule has 0 aliphatic rings. The van der Waals surface area contributed by atoms with Gasteiger partial charge in [0.15, 0.2) is 0 Å². The SMILES string of the molecule is COC(=O)C(CCOc1cc(C)cc(C)c1)NC(C)C. The van der Waals surface area contributed by atoms with Crippen molar-refractivity contribution in [2.45, 2.75) is 46.2 Å². The van der Waals surface area contributed by atoms with Crippen LogP contribution in [0.3, 0.4) is 0 Å². The van der Waals surface area contributed by atoms with E-state index in [0.717, 1.165) is 5.75 Å². The maximum Gasteiger partial charge on any atom is 0.322 e. The summed E-state index contributed by atoms with van der Waals surface area (Å²) in [5.41, 5.74) is 2.34.